The highest BCUT2D eigenvalue weighted by Crippen LogP contribution is 2.02. The van der Waals surface area contributed by atoms with Crippen LogP contribution in [0.15, 0.2) is 24.5 Å². The highest BCUT2D eigenvalue weighted by atomic mass is 32.1. The Balaban J connectivity index is 1.95. The molecule has 106 valence electrons. The summed E-state index contributed by atoms with van der Waals surface area (Å²) in [6.45, 7) is 2.73. The van der Waals surface area contributed by atoms with Gasteiger partial charge in [-0.1, -0.05) is 6.92 Å². The van der Waals surface area contributed by atoms with E-state index in [-0.39, 0.29) is 12.5 Å². The molecule has 1 amide bonds. The van der Waals surface area contributed by atoms with E-state index in [4.69, 9.17) is 12.2 Å². The fourth-order valence-corrected chi connectivity index (χ4v) is 2.04. The molecule has 0 atom stereocenters. The van der Waals surface area contributed by atoms with Gasteiger partial charge in [-0.05, 0) is 36.3 Å². The smallest absolute Gasteiger partial charge is 0.240 e. The lowest BCUT2D eigenvalue weighted by Gasteiger charge is -2.07. The van der Waals surface area contributed by atoms with Gasteiger partial charge in [-0.25, -0.2) is 0 Å². The summed E-state index contributed by atoms with van der Waals surface area (Å²) in [4.78, 5) is 15.9. The van der Waals surface area contributed by atoms with Crippen LogP contribution in [-0.2, 0) is 24.3 Å². The first kappa shape index (κ1) is 14.4. The van der Waals surface area contributed by atoms with Crippen LogP contribution in [0.2, 0.25) is 0 Å². The Bertz CT molecular complexity index is 619. The molecule has 0 aliphatic carbocycles. The van der Waals surface area contributed by atoms with Gasteiger partial charge in [-0.2, -0.15) is 5.10 Å². The summed E-state index contributed by atoms with van der Waals surface area (Å²) in [6, 6.07) is 3.73. The third kappa shape index (κ3) is 3.74. The zero-order valence-electron chi connectivity index (χ0n) is 11.3. The standard InChI is InChI=1S/C13H17N5OS/c1-2-3-11-16-17-13(20)18(11)9-12(19)15-8-10-4-6-14-7-5-10/h4-7H,2-3,8-9H2,1H3,(H,15,19)(H,17,20). The molecular weight excluding hydrogens is 274 g/mol. The first-order chi connectivity index (χ1) is 9.70. The van der Waals surface area contributed by atoms with Crippen LogP contribution in [0.4, 0.5) is 0 Å². The van der Waals surface area contributed by atoms with Crippen molar-refractivity contribution in [2.75, 3.05) is 0 Å². The minimum absolute atomic E-state index is 0.0864. The van der Waals surface area contributed by atoms with Gasteiger partial charge in [0.05, 0.1) is 0 Å². The van der Waals surface area contributed by atoms with Crippen molar-refractivity contribution in [3.63, 3.8) is 0 Å². The van der Waals surface area contributed by atoms with Crippen LogP contribution in [0, 0.1) is 4.77 Å². The lowest BCUT2D eigenvalue weighted by molar-refractivity contribution is -0.121. The molecule has 2 aromatic heterocycles. The molecule has 0 aliphatic rings. The number of hydrogen-bond donors (Lipinski definition) is 2. The van der Waals surface area contributed by atoms with Crippen LogP contribution < -0.4 is 5.32 Å². The molecule has 7 heteroatoms. The predicted molar refractivity (Wildman–Crippen MR) is 77.5 cm³/mol. The maximum absolute atomic E-state index is 12.0. The molecule has 2 N–H and O–H groups in total. The van der Waals surface area contributed by atoms with E-state index in [2.05, 4.69) is 27.4 Å². The zero-order chi connectivity index (χ0) is 14.4. The summed E-state index contributed by atoms with van der Waals surface area (Å²) in [5.41, 5.74) is 1.01. The van der Waals surface area contributed by atoms with Gasteiger partial charge >= 0.3 is 0 Å². The molecule has 20 heavy (non-hydrogen) atoms. The van der Waals surface area contributed by atoms with Gasteiger partial charge in [0, 0.05) is 25.4 Å². The molecule has 0 saturated carbocycles. The molecule has 2 heterocycles. The fourth-order valence-electron chi connectivity index (χ4n) is 1.83. The molecule has 6 nitrogen and oxygen atoms in total. The number of rotatable bonds is 6. The normalized spacial score (nSPS) is 10.4. The second-order valence-electron chi connectivity index (χ2n) is 4.41. The van der Waals surface area contributed by atoms with E-state index in [1.54, 1.807) is 17.0 Å². The average Bonchev–Trinajstić information content (AvgIpc) is 2.80. The molecule has 2 rings (SSSR count). The van der Waals surface area contributed by atoms with Crippen molar-refractivity contribution in [3.8, 4) is 0 Å². The molecule has 0 fully saturated rings. The van der Waals surface area contributed by atoms with Crippen LogP contribution in [0.25, 0.3) is 0 Å². The summed E-state index contributed by atoms with van der Waals surface area (Å²) in [6.07, 6.45) is 5.16. The van der Waals surface area contributed by atoms with Crippen molar-refractivity contribution >= 4 is 18.1 Å². The fraction of sp³-hybridized carbons (Fsp3) is 0.385. The highest BCUT2D eigenvalue weighted by molar-refractivity contribution is 7.71. The number of aryl methyl sites for hydroxylation is 1. The van der Waals surface area contributed by atoms with Gasteiger partial charge in [-0.15, -0.1) is 0 Å². The highest BCUT2D eigenvalue weighted by Gasteiger charge is 2.09. The van der Waals surface area contributed by atoms with Gasteiger partial charge in [0.2, 0.25) is 5.91 Å². The molecule has 0 aromatic carbocycles. The quantitative estimate of drug-likeness (QED) is 0.793. The van der Waals surface area contributed by atoms with Gasteiger partial charge < -0.3 is 5.32 Å². The van der Waals surface area contributed by atoms with Crippen LogP contribution in [0.3, 0.4) is 0 Å². The van der Waals surface area contributed by atoms with Crippen LogP contribution in [0.1, 0.15) is 24.7 Å². The Kier molecular flexibility index (Phi) is 5.00. The Labute approximate surface area is 122 Å². The summed E-state index contributed by atoms with van der Waals surface area (Å²) >= 11 is 5.14. The Morgan fingerprint density at radius 2 is 2.20 bits per heavy atom. The lowest BCUT2D eigenvalue weighted by Crippen LogP contribution is -2.27. The maximum Gasteiger partial charge on any atom is 0.240 e. The van der Waals surface area contributed by atoms with E-state index in [1.807, 2.05) is 12.1 Å². The van der Waals surface area contributed by atoms with Gasteiger partial charge in [0.25, 0.3) is 0 Å². The second kappa shape index (κ2) is 6.95. The number of carbonyl (C=O) groups excluding carboxylic acids is 1. The summed E-state index contributed by atoms with van der Waals surface area (Å²) < 4.78 is 2.22. The van der Waals surface area contributed by atoms with E-state index in [1.165, 1.54) is 0 Å². The molecule has 2 aromatic rings. The first-order valence-corrected chi connectivity index (χ1v) is 6.91. The minimum Gasteiger partial charge on any atom is -0.350 e. The summed E-state index contributed by atoms with van der Waals surface area (Å²) in [5.74, 6) is 0.730. The second-order valence-corrected chi connectivity index (χ2v) is 4.80. The average molecular weight is 291 g/mol. The zero-order valence-corrected chi connectivity index (χ0v) is 12.1. The van der Waals surface area contributed by atoms with Crippen molar-refractivity contribution in [1.82, 2.24) is 25.1 Å². The number of amides is 1. The Morgan fingerprint density at radius 1 is 1.45 bits per heavy atom. The van der Waals surface area contributed by atoms with Crippen molar-refractivity contribution in [3.05, 3.63) is 40.7 Å². The number of hydrogen-bond acceptors (Lipinski definition) is 4. The number of pyridine rings is 1. The number of H-pyrrole nitrogens is 1. The first-order valence-electron chi connectivity index (χ1n) is 6.50. The molecule has 0 bridgehead atoms. The maximum atomic E-state index is 12.0. The van der Waals surface area contributed by atoms with Crippen LogP contribution in [0.5, 0.6) is 0 Å². The molecule has 0 unspecified atom stereocenters. The number of nitrogens with zero attached hydrogens (tertiary/aromatic N) is 3. The van der Waals surface area contributed by atoms with E-state index >= 15 is 0 Å². The lowest BCUT2D eigenvalue weighted by atomic mass is 10.3. The van der Waals surface area contributed by atoms with E-state index in [0.29, 0.717) is 11.3 Å². The van der Waals surface area contributed by atoms with Gasteiger partial charge in [-0.3, -0.25) is 19.4 Å². The van der Waals surface area contributed by atoms with Gasteiger partial charge in [0.1, 0.15) is 12.4 Å². The molecular formula is C13H17N5OS. The Hall–Kier alpha value is -2.02. The summed E-state index contributed by atoms with van der Waals surface area (Å²) in [5, 5.41) is 9.72. The van der Waals surface area contributed by atoms with E-state index in [9.17, 15) is 4.79 Å². The number of nitrogens with one attached hydrogen (secondary N) is 2. The molecule has 0 saturated heterocycles. The van der Waals surface area contributed by atoms with E-state index in [0.717, 1.165) is 24.2 Å². The van der Waals surface area contributed by atoms with Crippen molar-refractivity contribution in [2.45, 2.75) is 32.9 Å². The van der Waals surface area contributed by atoms with Crippen LogP contribution in [-0.4, -0.2) is 25.7 Å². The monoisotopic (exact) mass is 291 g/mol. The van der Waals surface area contributed by atoms with E-state index < -0.39 is 0 Å². The third-order valence-electron chi connectivity index (χ3n) is 2.85. The summed E-state index contributed by atoms with van der Waals surface area (Å²) in [7, 11) is 0. The van der Waals surface area contributed by atoms with Crippen molar-refractivity contribution in [1.29, 1.82) is 0 Å². The third-order valence-corrected chi connectivity index (χ3v) is 3.16. The predicted octanol–water partition coefficient (Wildman–Crippen LogP) is 1.60. The largest absolute Gasteiger partial charge is 0.350 e. The van der Waals surface area contributed by atoms with Gasteiger partial charge in [0.15, 0.2) is 4.77 Å². The number of carbonyl (C=O) groups is 1. The number of aromatic amines is 1. The molecule has 0 radical (unpaired) electrons. The Morgan fingerprint density at radius 3 is 2.90 bits per heavy atom. The topological polar surface area (TPSA) is 75.6 Å². The molecule has 0 spiro atoms. The molecule has 0 aliphatic heterocycles. The minimum atomic E-state index is -0.0864. The van der Waals surface area contributed by atoms with Crippen LogP contribution >= 0.6 is 12.2 Å². The SMILES string of the molecule is CCCc1n[nH]c(=S)n1CC(=O)NCc1ccncc1. The van der Waals surface area contributed by atoms with Crippen molar-refractivity contribution < 1.29 is 4.79 Å². The number of aromatic nitrogens is 4. The van der Waals surface area contributed by atoms with Crippen molar-refractivity contribution in [2.24, 2.45) is 0 Å².